The van der Waals surface area contributed by atoms with Gasteiger partial charge < -0.3 is 19.6 Å². The van der Waals surface area contributed by atoms with Crippen molar-refractivity contribution in [2.24, 2.45) is 5.92 Å². The molecule has 0 saturated carbocycles. The van der Waals surface area contributed by atoms with Gasteiger partial charge in [0.2, 0.25) is 11.8 Å². The predicted molar refractivity (Wildman–Crippen MR) is 98.1 cm³/mol. The Bertz CT molecular complexity index is 604. The number of aliphatic carboxylic acids is 1. The summed E-state index contributed by atoms with van der Waals surface area (Å²) in [5.41, 5.74) is -0.272. The fourth-order valence-corrected chi connectivity index (χ4v) is 3.14. The van der Waals surface area contributed by atoms with Crippen LogP contribution in [0.1, 0.15) is 26.7 Å². The van der Waals surface area contributed by atoms with E-state index in [4.69, 9.17) is 14.6 Å². The van der Waals surface area contributed by atoms with Crippen molar-refractivity contribution >= 4 is 17.8 Å². The average molecular weight is 425 g/mol. The number of ether oxygens (including phenoxy) is 1. The Morgan fingerprint density at radius 3 is 2.10 bits per heavy atom. The maximum Gasteiger partial charge on any atom is 0.490 e. The van der Waals surface area contributed by atoms with Crippen molar-refractivity contribution < 1.29 is 37.4 Å². The number of likely N-dealkylation sites (N-methyl/N-ethyl adjacent to an activating group) is 2. The quantitative estimate of drug-likeness (QED) is 0.724. The molecule has 29 heavy (non-hydrogen) atoms. The largest absolute Gasteiger partial charge is 0.490 e. The van der Waals surface area contributed by atoms with E-state index in [1.807, 2.05) is 11.9 Å². The second kappa shape index (κ2) is 9.75. The number of carbonyl (C=O) groups is 3. The first-order valence-electron chi connectivity index (χ1n) is 9.32. The van der Waals surface area contributed by atoms with Crippen LogP contribution in [-0.4, -0.2) is 103 Å². The fourth-order valence-electron chi connectivity index (χ4n) is 3.14. The zero-order chi connectivity index (χ0) is 22.6. The number of hydrogen-bond acceptors (Lipinski definition) is 5. The Kier molecular flexibility index (Phi) is 8.46. The van der Waals surface area contributed by atoms with Gasteiger partial charge in [0.1, 0.15) is 11.6 Å². The molecule has 0 aromatic rings. The third kappa shape index (κ3) is 7.14. The number of halogens is 3. The van der Waals surface area contributed by atoms with Crippen LogP contribution in [0.25, 0.3) is 0 Å². The van der Waals surface area contributed by atoms with Gasteiger partial charge in [-0.05, 0) is 19.4 Å². The van der Waals surface area contributed by atoms with Crippen molar-refractivity contribution in [1.29, 1.82) is 0 Å². The third-order valence-electron chi connectivity index (χ3n) is 4.83. The van der Waals surface area contributed by atoms with Crippen molar-refractivity contribution in [2.45, 2.75) is 44.5 Å². The van der Waals surface area contributed by atoms with E-state index in [-0.39, 0.29) is 23.5 Å². The van der Waals surface area contributed by atoms with Gasteiger partial charge in [0.25, 0.3) is 0 Å². The van der Waals surface area contributed by atoms with Crippen LogP contribution in [0.5, 0.6) is 0 Å². The molecule has 0 aromatic heterocycles. The maximum absolute atomic E-state index is 12.1. The molecule has 1 unspecified atom stereocenters. The van der Waals surface area contributed by atoms with Gasteiger partial charge in [-0.1, -0.05) is 13.8 Å². The van der Waals surface area contributed by atoms with Crippen molar-refractivity contribution in [3.8, 4) is 0 Å². The van der Waals surface area contributed by atoms with Gasteiger partial charge in [-0.2, -0.15) is 13.2 Å². The number of likely N-dealkylation sites (tertiary alicyclic amines) is 1. The molecule has 2 aliphatic rings. The molecule has 0 bridgehead atoms. The molecule has 2 saturated heterocycles. The van der Waals surface area contributed by atoms with Crippen LogP contribution in [0.3, 0.4) is 0 Å². The van der Waals surface area contributed by atoms with Gasteiger partial charge in [-0.15, -0.1) is 0 Å². The highest BCUT2D eigenvalue weighted by atomic mass is 19.4. The highest BCUT2D eigenvalue weighted by Gasteiger charge is 2.51. The van der Waals surface area contributed by atoms with Crippen molar-refractivity contribution in [3.63, 3.8) is 0 Å². The first-order valence-corrected chi connectivity index (χ1v) is 9.32. The van der Waals surface area contributed by atoms with E-state index in [0.717, 1.165) is 6.42 Å². The molecule has 0 aliphatic carbocycles. The lowest BCUT2D eigenvalue weighted by Crippen LogP contribution is -2.73. The maximum atomic E-state index is 12.1. The van der Waals surface area contributed by atoms with Gasteiger partial charge in [0, 0.05) is 27.1 Å². The van der Waals surface area contributed by atoms with E-state index in [1.165, 1.54) is 0 Å². The molecular formula is C18H30F3N3O5. The van der Waals surface area contributed by atoms with Crippen molar-refractivity contribution in [2.75, 3.05) is 47.4 Å². The minimum absolute atomic E-state index is 0.0709. The number of rotatable bonds is 4. The van der Waals surface area contributed by atoms with Crippen LogP contribution >= 0.6 is 0 Å². The van der Waals surface area contributed by atoms with E-state index in [0.29, 0.717) is 38.6 Å². The summed E-state index contributed by atoms with van der Waals surface area (Å²) in [4.78, 5) is 38.6. The van der Waals surface area contributed by atoms with Gasteiger partial charge >= 0.3 is 12.1 Å². The van der Waals surface area contributed by atoms with Crippen LogP contribution in [-0.2, 0) is 19.1 Å². The second-order valence-corrected chi connectivity index (χ2v) is 8.14. The molecule has 2 amide bonds. The molecule has 1 spiro atoms. The van der Waals surface area contributed by atoms with Crippen LogP contribution < -0.4 is 0 Å². The van der Waals surface area contributed by atoms with Crippen LogP contribution in [0.15, 0.2) is 0 Å². The number of amides is 2. The Morgan fingerprint density at radius 1 is 1.21 bits per heavy atom. The van der Waals surface area contributed by atoms with Crippen molar-refractivity contribution in [3.05, 3.63) is 0 Å². The first kappa shape index (κ1) is 25.2. The molecule has 0 radical (unpaired) electrons. The summed E-state index contributed by atoms with van der Waals surface area (Å²) < 4.78 is 37.7. The van der Waals surface area contributed by atoms with Crippen LogP contribution in [0.2, 0.25) is 0 Å². The highest BCUT2D eigenvalue weighted by molar-refractivity contribution is 5.81. The zero-order valence-corrected chi connectivity index (χ0v) is 17.5. The van der Waals surface area contributed by atoms with Crippen LogP contribution in [0, 0.1) is 5.92 Å². The minimum Gasteiger partial charge on any atom is -0.475 e. The standard InChI is InChI=1S/C16H29N3O3.C2HF3O2/c1-12(2)6-7-14(20)19-10-16(11-19)9-18(5)13(8-22-16)15(21)17(3)4;3-2(4,5)1(6)7/h12-13H,6-11H2,1-5H3;(H,6,7). The molecule has 8 nitrogen and oxygen atoms in total. The number of morpholine rings is 1. The molecule has 2 aliphatic heterocycles. The first-order chi connectivity index (χ1) is 13.2. The summed E-state index contributed by atoms with van der Waals surface area (Å²) in [6.07, 6.45) is -3.53. The van der Waals surface area contributed by atoms with Gasteiger partial charge in [0.05, 0.1) is 19.7 Å². The van der Waals surface area contributed by atoms with E-state index in [2.05, 4.69) is 18.7 Å². The second-order valence-electron chi connectivity index (χ2n) is 8.14. The number of alkyl halides is 3. The molecule has 2 heterocycles. The topological polar surface area (TPSA) is 90.4 Å². The van der Waals surface area contributed by atoms with Crippen LogP contribution in [0.4, 0.5) is 13.2 Å². The van der Waals surface area contributed by atoms with Gasteiger partial charge in [-0.3, -0.25) is 14.5 Å². The summed E-state index contributed by atoms with van der Waals surface area (Å²) in [6.45, 7) is 6.67. The summed E-state index contributed by atoms with van der Waals surface area (Å²) in [7, 11) is 5.48. The number of nitrogens with zero attached hydrogens (tertiary/aromatic N) is 3. The zero-order valence-electron chi connectivity index (χ0n) is 17.5. The van der Waals surface area contributed by atoms with Gasteiger partial charge in [0.15, 0.2) is 0 Å². The molecule has 2 fully saturated rings. The minimum atomic E-state index is -5.08. The van der Waals surface area contributed by atoms with E-state index in [9.17, 15) is 22.8 Å². The third-order valence-corrected chi connectivity index (χ3v) is 4.83. The smallest absolute Gasteiger partial charge is 0.475 e. The Hall–Kier alpha value is -1.88. The Labute approximate surface area is 168 Å². The fraction of sp³-hybridized carbons (Fsp3) is 0.833. The van der Waals surface area contributed by atoms with E-state index >= 15 is 0 Å². The predicted octanol–water partition coefficient (Wildman–Crippen LogP) is 1.06. The Morgan fingerprint density at radius 2 is 1.72 bits per heavy atom. The molecule has 1 N–H and O–H groups in total. The molecule has 2 rings (SSSR count). The van der Waals surface area contributed by atoms with E-state index < -0.39 is 12.1 Å². The number of carboxylic acids is 1. The lowest BCUT2D eigenvalue weighted by Gasteiger charge is -2.55. The lowest BCUT2D eigenvalue weighted by molar-refractivity contribution is -0.202. The van der Waals surface area contributed by atoms with E-state index in [1.54, 1.807) is 19.0 Å². The highest BCUT2D eigenvalue weighted by Crippen LogP contribution is 2.31. The normalized spacial score (nSPS) is 21.3. The Balaban J connectivity index is 0.000000516. The summed E-state index contributed by atoms with van der Waals surface area (Å²) in [6, 6.07) is -0.216. The summed E-state index contributed by atoms with van der Waals surface area (Å²) >= 11 is 0. The molecule has 1 atom stereocenters. The molecule has 168 valence electrons. The molecule has 11 heteroatoms. The summed E-state index contributed by atoms with van der Waals surface area (Å²) in [5, 5.41) is 7.12. The number of carbonyl (C=O) groups excluding carboxylic acids is 2. The monoisotopic (exact) mass is 425 g/mol. The molecular weight excluding hydrogens is 395 g/mol. The van der Waals surface area contributed by atoms with Crippen molar-refractivity contribution in [1.82, 2.24) is 14.7 Å². The SMILES string of the molecule is CC(C)CCC(=O)N1CC2(C1)CN(C)C(C(=O)N(C)C)CO2.O=C(O)C(F)(F)F. The molecule has 0 aromatic carbocycles. The number of hydrogen-bond donors (Lipinski definition) is 1. The summed E-state index contributed by atoms with van der Waals surface area (Å²) in [5.74, 6) is -1.92. The number of carboxylic acid groups (broad SMARTS) is 1. The average Bonchev–Trinajstić information content (AvgIpc) is 2.56. The lowest BCUT2D eigenvalue weighted by atomic mass is 9.90. The van der Waals surface area contributed by atoms with Gasteiger partial charge in [-0.25, -0.2) is 4.79 Å².